The van der Waals surface area contributed by atoms with Gasteiger partial charge in [0.25, 0.3) is 5.91 Å². The van der Waals surface area contributed by atoms with Crippen molar-refractivity contribution in [2.45, 2.75) is 18.0 Å². The Morgan fingerprint density at radius 3 is 2.33 bits per heavy atom. The minimum atomic E-state index is -3.80. The molecule has 0 spiro atoms. The van der Waals surface area contributed by atoms with E-state index in [0.717, 1.165) is 11.1 Å². The van der Waals surface area contributed by atoms with Crippen molar-refractivity contribution < 1.29 is 17.6 Å². The average molecular weight is 481 g/mol. The predicted molar refractivity (Wildman–Crippen MR) is 128 cm³/mol. The number of sulfonamides is 1. The summed E-state index contributed by atoms with van der Waals surface area (Å²) >= 11 is 1.36. The molecule has 168 valence electrons. The fourth-order valence-corrected chi connectivity index (χ4v) is 5.24. The highest BCUT2D eigenvalue weighted by Gasteiger charge is 2.16. The zero-order valence-electron chi connectivity index (χ0n) is 17.5. The molecule has 4 aromatic rings. The summed E-state index contributed by atoms with van der Waals surface area (Å²) in [5, 5.41) is 4.74. The Kier molecular flexibility index (Phi) is 6.98. The Balaban J connectivity index is 1.42. The van der Waals surface area contributed by atoms with Gasteiger partial charge in [-0.3, -0.25) is 4.79 Å². The lowest BCUT2D eigenvalue weighted by molar-refractivity contribution is 0.0955. The summed E-state index contributed by atoms with van der Waals surface area (Å²) in [4.78, 5) is 13.5. The number of benzene rings is 3. The van der Waals surface area contributed by atoms with E-state index in [0.29, 0.717) is 16.0 Å². The fourth-order valence-electron chi connectivity index (χ4n) is 3.32. The zero-order chi connectivity index (χ0) is 23.3. The molecule has 0 aliphatic rings. The van der Waals surface area contributed by atoms with Gasteiger partial charge in [-0.2, -0.15) is 0 Å². The number of hydrogen-bond donors (Lipinski definition) is 2. The van der Waals surface area contributed by atoms with Crippen LogP contribution in [0.25, 0.3) is 11.1 Å². The molecule has 33 heavy (non-hydrogen) atoms. The van der Waals surface area contributed by atoms with E-state index in [4.69, 9.17) is 0 Å². The maximum atomic E-state index is 13.3. The molecule has 4 rings (SSSR count). The van der Waals surface area contributed by atoms with Crippen LogP contribution in [0.4, 0.5) is 4.39 Å². The molecular formula is C25H21FN2O3S2. The van der Waals surface area contributed by atoms with Crippen LogP contribution in [0.2, 0.25) is 0 Å². The van der Waals surface area contributed by atoms with Crippen LogP contribution in [0, 0.1) is 5.82 Å². The SMILES string of the molecule is O=C(NCc1cccc(S(=O)(=O)NCc2cccc(F)c2)c1)c1sccc1-c1ccccc1. The van der Waals surface area contributed by atoms with Gasteiger partial charge in [0.2, 0.25) is 10.0 Å². The molecule has 1 heterocycles. The normalized spacial score (nSPS) is 11.3. The Morgan fingerprint density at radius 2 is 1.58 bits per heavy atom. The Bertz CT molecular complexity index is 1370. The van der Waals surface area contributed by atoms with Gasteiger partial charge in [-0.25, -0.2) is 17.5 Å². The van der Waals surface area contributed by atoms with Crippen LogP contribution < -0.4 is 10.0 Å². The minimum absolute atomic E-state index is 0.0261. The summed E-state index contributed by atoms with van der Waals surface area (Å²) in [6.45, 7) is 0.153. The minimum Gasteiger partial charge on any atom is -0.347 e. The second-order valence-corrected chi connectivity index (χ2v) is 10.00. The highest BCUT2D eigenvalue weighted by atomic mass is 32.2. The Hall–Kier alpha value is -3.33. The number of halogens is 1. The van der Waals surface area contributed by atoms with Crippen molar-refractivity contribution in [2.24, 2.45) is 0 Å². The third-order valence-electron chi connectivity index (χ3n) is 4.97. The molecule has 0 unspecified atom stereocenters. The van der Waals surface area contributed by atoms with Crippen LogP contribution in [-0.4, -0.2) is 14.3 Å². The van der Waals surface area contributed by atoms with Crippen LogP contribution in [0.5, 0.6) is 0 Å². The van der Waals surface area contributed by atoms with Crippen LogP contribution in [-0.2, 0) is 23.1 Å². The highest BCUT2D eigenvalue weighted by molar-refractivity contribution is 7.89. The number of carbonyl (C=O) groups is 1. The van der Waals surface area contributed by atoms with Gasteiger partial charge in [0.1, 0.15) is 5.82 Å². The van der Waals surface area contributed by atoms with Crippen molar-refractivity contribution in [3.63, 3.8) is 0 Å². The largest absolute Gasteiger partial charge is 0.347 e. The van der Waals surface area contributed by atoms with Crippen molar-refractivity contribution in [2.75, 3.05) is 0 Å². The number of nitrogens with one attached hydrogen (secondary N) is 2. The molecular weight excluding hydrogens is 459 g/mol. The topological polar surface area (TPSA) is 75.3 Å². The van der Waals surface area contributed by atoms with E-state index in [-0.39, 0.29) is 23.9 Å². The number of amides is 1. The van der Waals surface area contributed by atoms with Crippen molar-refractivity contribution in [1.29, 1.82) is 0 Å². The quantitative estimate of drug-likeness (QED) is 0.374. The maximum Gasteiger partial charge on any atom is 0.262 e. The summed E-state index contributed by atoms with van der Waals surface area (Å²) in [6.07, 6.45) is 0. The average Bonchev–Trinajstić information content (AvgIpc) is 3.32. The molecule has 8 heteroatoms. The van der Waals surface area contributed by atoms with E-state index in [9.17, 15) is 17.6 Å². The number of rotatable bonds is 8. The van der Waals surface area contributed by atoms with Crippen molar-refractivity contribution >= 4 is 27.3 Å². The first-order chi connectivity index (χ1) is 15.9. The summed E-state index contributed by atoms with van der Waals surface area (Å²) in [6, 6.07) is 23.7. The van der Waals surface area contributed by atoms with Gasteiger partial charge in [0, 0.05) is 18.7 Å². The molecule has 0 bridgehead atoms. The second kappa shape index (κ2) is 10.1. The van der Waals surface area contributed by atoms with E-state index in [2.05, 4.69) is 10.0 Å². The molecule has 0 aliphatic carbocycles. The smallest absolute Gasteiger partial charge is 0.262 e. The van der Waals surface area contributed by atoms with E-state index in [1.165, 1.54) is 41.7 Å². The predicted octanol–water partition coefficient (Wildman–Crippen LogP) is 4.96. The number of carbonyl (C=O) groups excluding carboxylic acids is 1. The third kappa shape index (κ3) is 5.73. The van der Waals surface area contributed by atoms with Gasteiger partial charge >= 0.3 is 0 Å². The lowest BCUT2D eigenvalue weighted by Gasteiger charge is -2.10. The highest BCUT2D eigenvalue weighted by Crippen LogP contribution is 2.28. The number of thiophene rings is 1. The molecule has 0 aliphatic heterocycles. The molecule has 2 N–H and O–H groups in total. The zero-order valence-corrected chi connectivity index (χ0v) is 19.1. The van der Waals surface area contributed by atoms with Gasteiger partial charge in [-0.1, -0.05) is 54.6 Å². The Morgan fingerprint density at radius 1 is 0.848 bits per heavy atom. The first-order valence-electron chi connectivity index (χ1n) is 10.2. The molecule has 3 aromatic carbocycles. The maximum absolute atomic E-state index is 13.3. The molecule has 1 amide bonds. The molecule has 0 fully saturated rings. The van der Waals surface area contributed by atoms with Crippen LogP contribution in [0.3, 0.4) is 0 Å². The van der Waals surface area contributed by atoms with Gasteiger partial charge in [-0.05, 0) is 52.4 Å². The van der Waals surface area contributed by atoms with Crippen LogP contribution >= 0.6 is 11.3 Å². The molecule has 0 saturated heterocycles. The molecule has 0 atom stereocenters. The van der Waals surface area contributed by atoms with E-state index in [1.807, 2.05) is 41.8 Å². The van der Waals surface area contributed by atoms with Crippen molar-refractivity contribution in [1.82, 2.24) is 10.0 Å². The summed E-state index contributed by atoms with van der Waals surface area (Å²) < 4.78 is 41.2. The fraction of sp³-hybridized carbons (Fsp3) is 0.0800. The van der Waals surface area contributed by atoms with Gasteiger partial charge in [-0.15, -0.1) is 11.3 Å². The van der Waals surface area contributed by atoms with Gasteiger partial charge < -0.3 is 5.32 Å². The summed E-state index contributed by atoms with van der Waals surface area (Å²) in [5.74, 6) is -0.646. The van der Waals surface area contributed by atoms with Gasteiger partial charge in [0.15, 0.2) is 0 Å². The van der Waals surface area contributed by atoms with E-state index in [1.54, 1.807) is 18.2 Å². The molecule has 5 nitrogen and oxygen atoms in total. The first kappa shape index (κ1) is 22.8. The molecule has 1 aromatic heterocycles. The van der Waals surface area contributed by atoms with Crippen LogP contribution in [0.15, 0.2) is 95.2 Å². The van der Waals surface area contributed by atoms with Crippen molar-refractivity contribution in [3.8, 4) is 11.1 Å². The van der Waals surface area contributed by atoms with Crippen molar-refractivity contribution in [3.05, 3.63) is 112 Å². The second-order valence-electron chi connectivity index (χ2n) is 7.31. The number of hydrogen-bond acceptors (Lipinski definition) is 4. The van der Waals surface area contributed by atoms with E-state index >= 15 is 0 Å². The lowest BCUT2D eigenvalue weighted by Crippen LogP contribution is -2.24. The Labute approximate surface area is 196 Å². The summed E-state index contributed by atoms with van der Waals surface area (Å²) in [7, 11) is -3.80. The van der Waals surface area contributed by atoms with Crippen LogP contribution in [0.1, 0.15) is 20.8 Å². The first-order valence-corrected chi connectivity index (χ1v) is 12.5. The lowest BCUT2D eigenvalue weighted by atomic mass is 10.1. The standard InChI is InChI=1S/C25H21FN2O3S2/c26-21-10-4-6-18(14-21)17-28-33(30,31)22-11-5-7-19(15-22)16-27-25(29)24-23(12-13-32-24)20-8-2-1-3-9-20/h1-15,28H,16-17H2,(H,27,29). The van der Waals surface area contributed by atoms with E-state index < -0.39 is 15.8 Å². The molecule has 0 radical (unpaired) electrons. The van der Waals surface area contributed by atoms with Gasteiger partial charge in [0.05, 0.1) is 9.77 Å². The summed E-state index contributed by atoms with van der Waals surface area (Å²) in [5.41, 5.74) is 2.99. The monoisotopic (exact) mass is 480 g/mol. The third-order valence-corrected chi connectivity index (χ3v) is 7.29. The molecule has 0 saturated carbocycles.